The molecule has 0 amide bonds. The minimum Gasteiger partial charge on any atom is -0.392 e. The van der Waals surface area contributed by atoms with E-state index < -0.39 is 0 Å². The van der Waals surface area contributed by atoms with E-state index in [0.717, 1.165) is 25.7 Å². The highest BCUT2D eigenvalue weighted by Gasteiger charge is 2.44. The number of aliphatic hydroxyl groups is 1. The van der Waals surface area contributed by atoms with Crippen LogP contribution >= 0.6 is 15.9 Å². The highest BCUT2D eigenvalue weighted by molar-refractivity contribution is 9.10. The molecule has 0 bridgehead atoms. The van der Waals surface area contributed by atoms with E-state index in [1.165, 1.54) is 34.9 Å². The molecule has 1 atom stereocenters. The Kier molecular flexibility index (Phi) is 3.04. The highest BCUT2D eigenvalue weighted by atomic mass is 79.9. The molecule has 1 spiro atoms. The Balaban J connectivity index is 2.12. The van der Waals surface area contributed by atoms with E-state index in [1.54, 1.807) is 0 Å². The molecule has 2 aliphatic rings. The molecule has 1 aromatic carbocycles. The van der Waals surface area contributed by atoms with Gasteiger partial charge >= 0.3 is 0 Å². The van der Waals surface area contributed by atoms with E-state index >= 15 is 0 Å². The van der Waals surface area contributed by atoms with Crippen LogP contribution in [-0.4, -0.2) is 11.2 Å². The van der Waals surface area contributed by atoms with Gasteiger partial charge in [0, 0.05) is 9.89 Å². The number of halogens is 1. The van der Waals surface area contributed by atoms with Gasteiger partial charge in [-0.25, -0.2) is 0 Å². The smallest absolute Gasteiger partial charge is 0.0640 e. The van der Waals surface area contributed by atoms with Crippen LogP contribution in [0.15, 0.2) is 22.7 Å². The molecule has 2 aliphatic carbocycles. The van der Waals surface area contributed by atoms with E-state index in [4.69, 9.17) is 0 Å². The number of aliphatic hydroxyl groups excluding tert-OH is 1. The molecule has 0 saturated heterocycles. The lowest BCUT2D eigenvalue weighted by Crippen LogP contribution is -2.45. The van der Waals surface area contributed by atoms with Gasteiger partial charge in [-0.1, -0.05) is 47.3 Å². The molecule has 1 saturated carbocycles. The van der Waals surface area contributed by atoms with E-state index in [-0.39, 0.29) is 11.5 Å². The number of hydrogen-bond donors (Lipinski definition) is 1. The van der Waals surface area contributed by atoms with Crippen molar-refractivity contribution in [2.45, 2.75) is 56.5 Å². The summed E-state index contributed by atoms with van der Waals surface area (Å²) >= 11 is 3.67. The maximum absolute atomic E-state index is 10.5. The summed E-state index contributed by atoms with van der Waals surface area (Å²) in [5.41, 5.74) is 2.93. The number of benzene rings is 1. The first kappa shape index (κ1) is 11.7. The number of rotatable bonds is 0. The van der Waals surface area contributed by atoms with Crippen molar-refractivity contribution in [3.63, 3.8) is 0 Å². The molecule has 0 aromatic heterocycles. The van der Waals surface area contributed by atoms with Gasteiger partial charge in [-0.15, -0.1) is 0 Å². The van der Waals surface area contributed by atoms with Crippen LogP contribution in [0.1, 0.15) is 49.7 Å². The fraction of sp³-hybridized carbons (Fsp3) is 0.600. The van der Waals surface area contributed by atoms with E-state index in [9.17, 15) is 5.11 Å². The van der Waals surface area contributed by atoms with Gasteiger partial charge in [-0.3, -0.25) is 0 Å². The predicted molar refractivity (Wildman–Crippen MR) is 73.2 cm³/mol. The molecule has 17 heavy (non-hydrogen) atoms. The molecule has 0 radical (unpaired) electrons. The zero-order valence-electron chi connectivity index (χ0n) is 10.1. The molecular formula is C15H19BrO. The van der Waals surface area contributed by atoms with Gasteiger partial charge in [0.25, 0.3) is 0 Å². The Morgan fingerprint density at radius 3 is 2.71 bits per heavy atom. The summed E-state index contributed by atoms with van der Waals surface area (Å²) in [6.07, 6.45) is 8.00. The largest absolute Gasteiger partial charge is 0.392 e. The van der Waals surface area contributed by atoms with Crippen LogP contribution in [0.3, 0.4) is 0 Å². The third-order valence-corrected chi connectivity index (χ3v) is 5.45. The molecule has 1 aromatic rings. The molecule has 0 aliphatic heterocycles. The van der Waals surface area contributed by atoms with Crippen molar-refractivity contribution in [2.24, 2.45) is 0 Å². The molecule has 2 heteroatoms. The Bertz CT molecular complexity index is 421. The van der Waals surface area contributed by atoms with E-state index in [0.29, 0.717) is 0 Å². The summed E-state index contributed by atoms with van der Waals surface area (Å²) in [5.74, 6) is 0. The molecule has 1 fully saturated rings. The highest BCUT2D eigenvalue weighted by Crippen LogP contribution is 2.48. The minimum absolute atomic E-state index is 0.0651. The Labute approximate surface area is 111 Å². The SMILES string of the molecule is OC1CCc2c(Br)cccc2C12CCCCC2. The fourth-order valence-electron chi connectivity index (χ4n) is 3.80. The van der Waals surface area contributed by atoms with E-state index in [2.05, 4.69) is 34.1 Å². The summed E-state index contributed by atoms with van der Waals surface area (Å²) in [7, 11) is 0. The summed E-state index contributed by atoms with van der Waals surface area (Å²) < 4.78 is 1.23. The first-order chi connectivity index (χ1) is 8.24. The molecule has 92 valence electrons. The first-order valence-electron chi connectivity index (χ1n) is 6.70. The molecule has 1 unspecified atom stereocenters. The van der Waals surface area contributed by atoms with Crippen LogP contribution in [0, 0.1) is 0 Å². The van der Waals surface area contributed by atoms with Gasteiger partial charge in [0.2, 0.25) is 0 Å². The first-order valence-corrected chi connectivity index (χ1v) is 7.49. The minimum atomic E-state index is -0.135. The fourth-order valence-corrected chi connectivity index (χ4v) is 4.37. The summed E-state index contributed by atoms with van der Waals surface area (Å²) in [4.78, 5) is 0. The predicted octanol–water partition coefficient (Wildman–Crippen LogP) is 3.96. The van der Waals surface area contributed by atoms with Gasteiger partial charge in [-0.2, -0.15) is 0 Å². The van der Waals surface area contributed by atoms with Crippen molar-refractivity contribution in [1.82, 2.24) is 0 Å². The van der Waals surface area contributed by atoms with Crippen LogP contribution in [0.5, 0.6) is 0 Å². The van der Waals surface area contributed by atoms with Crippen LogP contribution in [-0.2, 0) is 11.8 Å². The number of fused-ring (bicyclic) bond motifs is 2. The van der Waals surface area contributed by atoms with E-state index in [1.807, 2.05) is 0 Å². The maximum Gasteiger partial charge on any atom is 0.0640 e. The second-order valence-electron chi connectivity index (χ2n) is 5.54. The lowest BCUT2D eigenvalue weighted by atomic mass is 9.61. The second-order valence-corrected chi connectivity index (χ2v) is 6.39. The normalized spacial score (nSPS) is 26.8. The average Bonchev–Trinajstić information content (AvgIpc) is 2.36. The van der Waals surface area contributed by atoms with Crippen LogP contribution in [0.2, 0.25) is 0 Å². The van der Waals surface area contributed by atoms with Gasteiger partial charge < -0.3 is 5.11 Å². The van der Waals surface area contributed by atoms with Gasteiger partial charge in [0.1, 0.15) is 0 Å². The van der Waals surface area contributed by atoms with Crippen molar-refractivity contribution in [3.05, 3.63) is 33.8 Å². The summed E-state index contributed by atoms with van der Waals surface area (Å²) in [6, 6.07) is 6.50. The van der Waals surface area contributed by atoms with Crippen molar-refractivity contribution < 1.29 is 5.11 Å². The maximum atomic E-state index is 10.5. The monoisotopic (exact) mass is 294 g/mol. The zero-order valence-corrected chi connectivity index (χ0v) is 11.7. The quantitative estimate of drug-likeness (QED) is 0.768. The number of hydrogen-bond acceptors (Lipinski definition) is 1. The molecular weight excluding hydrogens is 276 g/mol. The van der Waals surface area contributed by atoms with Crippen molar-refractivity contribution >= 4 is 15.9 Å². The van der Waals surface area contributed by atoms with Gasteiger partial charge in [-0.05, 0) is 42.9 Å². The lowest BCUT2D eigenvalue weighted by molar-refractivity contribution is 0.0389. The van der Waals surface area contributed by atoms with Crippen LogP contribution in [0.25, 0.3) is 0 Å². The molecule has 3 rings (SSSR count). The van der Waals surface area contributed by atoms with Crippen molar-refractivity contribution in [2.75, 3.05) is 0 Å². The Morgan fingerprint density at radius 2 is 1.94 bits per heavy atom. The topological polar surface area (TPSA) is 20.2 Å². The standard InChI is InChI=1S/C15H19BrO/c16-13-6-4-5-12-11(13)7-8-14(17)15(12)9-2-1-3-10-15/h4-6,14,17H,1-3,7-10H2. The Morgan fingerprint density at radius 1 is 1.18 bits per heavy atom. The van der Waals surface area contributed by atoms with Crippen LogP contribution < -0.4 is 0 Å². The summed E-state index contributed by atoms with van der Waals surface area (Å²) in [5, 5.41) is 10.5. The summed E-state index contributed by atoms with van der Waals surface area (Å²) in [6.45, 7) is 0. The Hall–Kier alpha value is -0.340. The molecule has 1 N–H and O–H groups in total. The second kappa shape index (κ2) is 4.40. The van der Waals surface area contributed by atoms with Crippen molar-refractivity contribution in [1.29, 1.82) is 0 Å². The lowest BCUT2D eigenvalue weighted by Gasteiger charge is -2.46. The zero-order chi connectivity index (χ0) is 11.9. The third-order valence-electron chi connectivity index (χ3n) is 4.71. The molecule has 1 nitrogen and oxygen atoms in total. The average molecular weight is 295 g/mol. The molecule has 0 heterocycles. The van der Waals surface area contributed by atoms with Gasteiger partial charge in [0.15, 0.2) is 0 Å². The van der Waals surface area contributed by atoms with Crippen molar-refractivity contribution in [3.8, 4) is 0 Å². The van der Waals surface area contributed by atoms with Crippen LogP contribution in [0.4, 0.5) is 0 Å². The van der Waals surface area contributed by atoms with Gasteiger partial charge in [0.05, 0.1) is 6.10 Å². The third kappa shape index (κ3) is 1.77.